The molecule has 1 aliphatic rings. The third-order valence-electron chi connectivity index (χ3n) is 3.19. The van der Waals surface area contributed by atoms with E-state index >= 15 is 0 Å². The Balaban J connectivity index is 0.00000242. The van der Waals surface area contributed by atoms with E-state index in [4.69, 9.17) is 9.88 Å². The van der Waals surface area contributed by atoms with Gasteiger partial charge >= 0.3 is 0 Å². The summed E-state index contributed by atoms with van der Waals surface area (Å²) in [6, 6.07) is 4.06. The molecular weight excluding hydrogens is 330 g/mol. The first-order valence-corrected chi connectivity index (χ1v) is 8.16. The van der Waals surface area contributed by atoms with Gasteiger partial charge in [0, 0.05) is 0 Å². The van der Waals surface area contributed by atoms with Crippen molar-refractivity contribution in [1.29, 1.82) is 0 Å². The minimum atomic E-state index is -3.83. The number of methoxy groups -OCH3 is 1. The number of hydrogen-bond donors (Lipinski definition) is 3. The zero-order valence-corrected chi connectivity index (χ0v) is 13.8. The fourth-order valence-electron chi connectivity index (χ4n) is 1.87. The molecule has 4 N–H and O–H groups in total. The largest absolute Gasteiger partial charge is 0.495 e. The maximum atomic E-state index is 11.8. The lowest BCUT2D eigenvalue weighted by molar-refractivity contribution is -0.115. The lowest BCUT2D eigenvalue weighted by Gasteiger charge is -2.12. The number of amides is 1. The molecule has 1 saturated carbocycles. The van der Waals surface area contributed by atoms with Gasteiger partial charge in [-0.05, 0) is 43.5 Å². The quantitative estimate of drug-likeness (QED) is 0.671. The van der Waals surface area contributed by atoms with Crippen molar-refractivity contribution in [2.75, 3.05) is 25.5 Å². The van der Waals surface area contributed by atoms with Gasteiger partial charge in [0.15, 0.2) is 0 Å². The van der Waals surface area contributed by atoms with Crippen molar-refractivity contribution in [2.45, 2.75) is 17.7 Å². The first-order valence-electron chi connectivity index (χ1n) is 6.61. The summed E-state index contributed by atoms with van der Waals surface area (Å²) in [6.45, 7) is 0.987. The van der Waals surface area contributed by atoms with Crippen molar-refractivity contribution in [3.05, 3.63) is 18.2 Å². The molecule has 1 fully saturated rings. The Morgan fingerprint density at radius 1 is 1.41 bits per heavy atom. The van der Waals surface area contributed by atoms with E-state index in [9.17, 15) is 13.2 Å². The highest BCUT2D eigenvalue weighted by atomic mass is 35.5. The van der Waals surface area contributed by atoms with E-state index < -0.39 is 10.0 Å². The number of rotatable bonds is 7. The monoisotopic (exact) mass is 349 g/mol. The second-order valence-electron chi connectivity index (χ2n) is 5.03. The SMILES string of the molecule is COc1ccc(S(N)(=O)=O)cc1NC(=O)CNCC1CC1.Cl. The van der Waals surface area contributed by atoms with Gasteiger partial charge in [0.25, 0.3) is 0 Å². The minimum absolute atomic E-state index is 0. The van der Waals surface area contributed by atoms with E-state index in [2.05, 4.69) is 10.6 Å². The van der Waals surface area contributed by atoms with Crippen LogP contribution in [0.4, 0.5) is 5.69 Å². The van der Waals surface area contributed by atoms with Crippen molar-refractivity contribution in [1.82, 2.24) is 5.32 Å². The van der Waals surface area contributed by atoms with Gasteiger partial charge in [-0.3, -0.25) is 4.79 Å². The van der Waals surface area contributed by atoms with Crippen molar-refractivity contribution in [3.63, 3.8) is 0 Å². The van der Waals surface area contributed by atoms with E-state index in [0.29, 0.717) is 11.7 Å². The lowest BCUT2D eigenvalue weighted by atomic mass is 10.3. The van der Waals surface area contributed by atoms with Crippen LogP contribution in [0.15, 0.2) is 23.1 Å². The van der Waals surface area contributed by atoms with Gasteiger partial charge in [0.05, 0.1) is 24.2 Å². The fourth-order valence-corrected chi connectivity index (χ4v) is 2.41. The van der Waals surface area contributed by atoms with Crippen LogP contribution in [-0.4, -0.2) is 34.5 Å². The maximum Gasteiger partial charge on any atom is 0.238 e. The fraction of sp³-hybridized carbons (Fsp3) is 0.462. The number of anilines is 1. The van der Waals surface area contributed by atoms with E-state index in [0.717, 1.165) is 6.54 Å². The second-order valence-corrected chi connectivity index (χ2v) is 6.59. The summed E-state index contributed by atoms with van der Waals surface area (Å²) in [5.41, 5.74) is 0.280. The molecule has 2 rings (SSSR count). The molecule has 0 radical (unpaired) electrons. The van der Waals surface area contributed by atoms with Crippen molar-refractivity contribution >= 4 is 34.0 Å². The lowest BCUT2D eigenvalue weighted by Crippen LogP contribution is -2.29. The van der Waals surface area contributed by atoms with Gasteiger partial charge in [-0.1, -0.05) is 0 Å². The van der Waals surface area contributed by atoms with Crippen molar-refractivity contribution in [3.8, 4) is 5.75 Å². The van der Waals surface area contributed by atoms with Gasteiger partial charge < -0.3 is 15.4 Å². The summed E-state index contributed by atoms with van der Waals surface area (Å²) in [7, 11) is -2.39. The average molecular weight is 350 g/mol. The van der Waals surface area contributed by atoms with E-state index in [1.807, 2.05) is 0 Å². The number of benzene rings is 1. The molecule has 0 saturated heterocycles. The van der Waals surface area contributed by atoms with Crippen LogP contribution in [0.5, 0.6) is 5.75 Å². The van der Waals surface area contributed by atoms with Crippen LogP contribution in [0.3, 0.4) is 0 Å². The Labute approximate surface area is 136 Å². The second kappa shape index (κ2) is 7.77. The summed E-state index contributed by atoms with van der Waals surface area (Å²) >= 11 is 0. The zero-order valence-electron chi connectivity index (χ0n) is 12.2. The molecule has 124 valence electrons. The van der Waals surface area contributed by atoms with E-state index in [1.165, 1.54) is 38.2 Å². The molecule has 1 amide bonds. The molecule has 1 aromatic rings. The van der Waals surface area contributed by atoms with Crippen molar-refractivity contribution < 1.29 is 17.9 Å². The third-order valence-corrected chi connectivity index (χ3v) is 4.10. The summed E-state index contributed by atoms with van der Waals surface area (Å²) in [4.78, 5) is 11.8. The van der Waals surface area contributed by atoms with Crippen LogP contribution in [-0.2, 0) is 14.8 Å². The smallest absolute Gasteiger partial charge is 0.238 e. The molecule has 0 atom stereocenters. The third kappa shape index (κ3) is 5.45. The molecule has 0 heterocycles. The van der Waals surface area contributed by atoms with Gasteiger partial charge in [-0.25, -0.2) is 13.6 Å². The van der Waals surface area contributed by atoms with E-state index in [1.54, 1.807) is 0 Å². The van der Waals surface area contributed by atoms with Gasteiger partial charge in [0.2, 0.25) is 15.9 Å². The Kier molecular flexibility index (Phi) is 6.61. The van der Waals surface area contributed by atoms with Crippen molar-refractivity contribution in [2.24, 2.45) is 11.1 Å². The van der Waals surface area contributed by atoms with Crippen LogP contribution < -0.4 is 20.5 Å². The van der Waals surface area contributed by atoms with Crippen LogP contribution in [0.2, 0.25) is 0 Å². The number of ether oxygens (including phenoxy) is 1. The van der Waals surface area contributed by atoms with Crippen LogP contribution in [0, 0.1) is 5.92 Å². The topological polar surface area (TPSA) is 111 Å². The summed E-state index contributed by atoms with van der Waals surface area (Å²) < 4.78 is 27.8. The summed E-state index contributed by atoms with van der Waals surface area (Å²) in [5.74, 6) is 0.788. The molecule has 0 aromatic heterocycles. The highest BCUT2D eigenvalue weighted by molar-refractivity contribution is 7.89. The molecule has 0 bridgehead atoms. The molecule has 1 aromatic carbocycles. The summed E-state index contributed by atoms with van der Waals surface area (Å²) in [5, 5.41) is 10.8. The predicted octanol–water partition coefficient (Wildman–Crippen LogP) is 0.702. The van der Waals surface area contributed by atoms with Gasteiger partial charge in [0.1, 0.15) is 5.75 Å². The zero-order chi connectivity index (χ0) is 15.5. The first kappa shape index (κ1) is 18.7. The number of hydrogen-bond acceptors (Lipinski definition) is 5. The van der Waals surface area contributed by atoms with E-state index in [-0.39, 0.29) is 35.4 Å². The van der Waals surface area contributed by atoms with Gasteiger partial charge in [-0.15, -0.1) is 12.4 Å². The average Bonchev–Trinajstić information content (AvgIpc) is 3.21. The van der Waals surface area contributed by atoms with Crippen LogP contribution in [0.1, 0.15) is 12.8 Å². The standard InChI is InChI=1S/C13H19N3O4S.ClH/c1-20-12-5-4-10(21(14,18)19)6-11(12)16-13(17)8-15-7-9-2-3-9;/h4-6,9,15H,2-3,7-8H2,1H3,(H,16,17)(H2,14,18,19);1H. The Morgan fingerprint density at radius 3 is 2.64 bits per heavy atom. The number of carbonyl (C=O) groups is 1. The molecular formula is C13H20ClN3O4S. The number of nitrogens with two attached hydrogens (primary N) is 1. The van der Waals surface area contributed by atoms with Crippen LogP contribution in [0.25, 0.3) is 0 Å². The Hall–Kier alpha value is -1.35. The normalized spacial score (nSPS) is 14.1. The number of halogens is 1. The number of primary sulfonamides is 1. The molecule has 9 heteroatoms. The molecule has 0 unspecified atom stereocenters. The highest BCUT2D eigenvalue weighted by Crippen LogP contribution is 2.28. The predicted molar refractivity (Wildman–Crippen MR) is 85.8 cm³/mol. The maximum absolute atomic E-state index is 11.8. The number of sulfonamides is 1. The number of carbonyl (C=O) groups excluding carboxylic acids is 1. The molecule has 0 spiro atoms. The minimum Gasteiger partial charge on any atom is -0.495 e. The first-order chi connectivity index (χ1) is 9.90. The Morgan fingerprint density at radius 2 is 2.09 bits per heavy atom. The highest BCUT2D eigenvalue weighted by Gasteiger charge is 2.20. The summed E-state index contributed by atoms with van der Waals surface area (Å²) in [6.07, 6.45) is 2.41. The number of nitrogens with one attached hydrogen (secondary N) is 2. The molecule has 7 nitrogen and oxygen atoms in total. The Bertz CT molecular complexity index is 632. The van der Waals surface area contributed by atoms with Crippen LogP contribution >= 0.6 is 12.4 Å². The molecule has 1 aliphatic carbocycles. The molecule has 22 heavy (non-hydrogen) atoms. The molecule has 0 aliphatic heterocycles. The van der Waals surface area contributed by atoms with Gasteiger partial charge in [-0.2, -0.15) is 0 Å².